The van der Waals surface area contributed by atoms with E-state index in [0.717, 1.165) is 0 Å². The van der Waals surface area contributed by atoms with E-state index in [-0.39, 0.29) is 18.1 Å². The molecule has 0 saturated heterocycles. The lowest BCUT2D eigenvalue weighted by molar-refractivity contribution is 0.605. The van der Waals surface area contributed by atoms with Crippen molar-refractivity contribution in [1.29, 1.82) is 0 Å². The van der Waals surface area contributed by atoms with E-state index >= 15 is 0 Å². The minimum absolute atomic E-state index is 0.226. The van der Waals surface area contributed by atoms with E-state index in [1.54, 1.807) is 19.2 Å². The molecule has 0 aliphatic heterocycles. The van der Waals surface area contributed by atoms with Gasteiger partial charge in [0.15, 0.2) is 0 Å². The molecule has 16 heavy (non-hydrogen) atoms. The maximum Gasteiger partial charge on any atom is 0.345 e. The van der Waals surface area contributed by atoms with E-state index < -0.39 is 0 Å². The topological polar surface area (TPSA) is 39.8 Å². The number of aryl methyl sites for hydroxylation is 1. The van der Waals surface area contributed by atoms with Crippen LogP contribution in [0.5, 0.6) is 0 Å². The summed E-state index contributed by atoms with van der Waals surface area (Å²) in [6.45, 7) is 0.248. The molecule has 1 aromatic heterocycles. The zero-order chi connectivity index (χ0) is 11.7. The third kappa shape index (κ3) is 1.92. The summed E-state index contributed by atoms with van der Waals surface area (Å²) in [5, 5.41) is 3.91. The molecule has 0 aliphatic carbocycles. The van der Waals surface area contributed by atoms with E-state index in [9.17, 15) is 9.18 Å². The van der Waals surface area contributed by atoms with Gasteiger partial charge in [-0.05, 0) is 27.6 Å². The predicted octanol–water partition coefficient (Wildman–Crippen LogP) is 1.53. The van der Waals surface area contributed by atoms with E-state index in [2.05, 4.69) is 21.0 Å². The Morgan fingerprint density at radius 2 is 2.25 bits per heavy atom. The van der Waals surface area contributed by atoms with Crippen molar-refractivity contribution in [1.82, 2.24) is 14.3 Å². The first-order valence-electron chi connectivity index (χ1n) is 4.61. The largest absolute Gasteiger partial charge is 0.345 e. The molecule has 0 amide bonds. The third-order valence-electron chi connectivity index (χ3n) is 2.24. The van der Waals surface area contributed by atoms with Crippen molar-refractivity contribution in [3.63, 3.8) is 0 Å². The minimum Gasteiger partial charge on any atom is -0.285 e. The number of nitrogens with zero attached hydrogens (tertiary/aromatic N) is 3. The van der Waals surface area contributed by atoms with Crippen LogP contribution in [0.1, 0.15) is 5.56 Å². The van der Waals surface area contributed by atoms with Crippen LogP contribution in [0.2, 0.25) is 0 Å². The molecule has 0 aliphatic rings. The Morgan fingerprint density at radius 3 is 2.88 bits per heavy atom. The van der Waals surface area contributed by atoms with Crippen LogP contribution < -0.4 is 5.69 Å². The van der Waals surface area contributed by atoms with Crippen LogP contribution in [0.4, 0.5) is 4.39 Å². The van der Waals surface area contributed by atoms with Crippen molar-refractivity contribution in [2.75, 3.05) is 0 Å². The van der Waals surface area contributed by atoms with Gasteiger partial charge in [0.2, 0.25) is 0 Å². The molecule has 2 aromatic rings. The van der Waals surface area contributed by atoms with E-state index in [1.165, 1.54) is 21.6 Å². The van der Waals surface area contributed by atoms with Gasteiger partial charge in [-0.1, -0.05) is 12.1 Å². The summed E-state index contributed by atoms with van der Waals surface area (Å²) in [7, 11) is 1.62. The summed E-state index contributed by atoms with van der Waals surface area (Å²) in [6, 6.07) is 4.70. The van der Waals surface area contributed by atoms with E-state index in [4.69, 9.17) is 0 Å². The quantitative estimate of drug-likeness (QED) is 0.840. The zero-order valence-electron chi connectivity index (χ0n) is 8.52. The van der Waals surface area contributed by atoms with Gasteiger partial charge in [0.25, 0.3) is 0 Å². The molecule has 1 heterocycles. The van der Waals surface area contributed by atoms with Crippen molar-refractivity contribution >= 4 is 15.9 Å². The molecule has 0 bridgehead atoms. The molecule has 6 heteroatoms. The van der Waals surface area contributed by atoms with E-state index in [0.29, 0.717) is 10.0 Å². The Morgan fingerprint density at radius 1 is 1.50 bits per heavy atom. The van der Waals surface area contributed by atoms with Gasteiger partial charge in [-0.25, -0.2) is 13.9 Å². The molecule has 0 spiro atoms. The molecule has 0 fully saturated rings. The highest BCUT2D eigenvalue weighted by Gasteiger charge is 2.08. The highest BCUT2D eigenvalue weighted by molar-refractivity contribution is 9.10. The smallest absolute Gasteiger partial charge is 0.285 e. The Labute approximate surface area is 99.4 Å². The molecule has 0 saturated carbocycles. The second-order valence-corrected chi connectivity index (χ2v) is 4.19. The number of benzene rings is 1. The lowest BCUT2D eigenvalue weighted by Gasteiger charge is -2.04. The Kier molecular flexibility index (Phi) is 2.91. The third-order valence-corrected chi connectivity index (χ3v) is 3.13. The van der Waals surface area contributed by atoms with Gasteiger partial charge in [0.1, 0.15) is 12.1 Å². The first-order chi connectivity index (χ1) is 7.59. The van der Waals surface area contributed by atoms with Crippen LogP contribution in [0.15, 0.2) is 33.8 Å². The van der Waals surface area contributed by atoms with Crippen molar-refractivity contribution in [2.45, 2.75) is 6.54 Å². The predicted molar refractivity (Wildman–Crippen MR) is 60.7 cm³/mol. The van der Waals surface area contributed by atoms with Crippen LogP contribution in [-0.2, 0) is 13.6 Å². The normalized spacial score (nSPS) is 10.7. The second-order valence-electron chi connectivity index (χ2n) is 3.40. The fourth-order valence-electron chi connectivity index (χ4n) is 1.36. The van der Waals surface area contributed by atoms with Crippen molar-refractivity contribution < 1.29 is 4.39 Å². The summed E-state index contributed by atoms with van der Waals surface area (Å²) < 4.78 is 16.2. The maximum absolute atomic E-state index is 13.2. The summed E-state index contributed by atoms with van der Waals surface area (Å²) in [5.41, 5.74) is 0.456. The highest BCUT2D eigenvalue weighted by Crippen LogP contribution is 2.20. The number of halogens is 2. The van der Waals surface area contributed by atoms with Gasteiger partial charge in [0, 0.05) is 7.05 Å². The molecule has 1 aromatic carbocycles. The van der Waals surface area contributed by atoms with Gasteiger partial charge in [-0.2, -0.15) is 5.10 Å². The first kappa shape index (κ1) is 11.1. The van der Waals surface area contributed by atoms with Crippen LogP contribution in [-0.4, -0.2) is 14.3 Å². The van der Waals surface area contributed by atoms with E-state index in [1.807, 2.05) is 0 Å². The highest BCUT2D eigenvalue weighted by atomic mass is 79.9. The SMILES string of the molecule is Cn1cnn(Cc2cccc(F)c2Br)c1=O. The number of hydrogen-bond donors (Lipinski definition) is 0. The van der Waals surface area contributed by atoms with Crippen LogP contribution in [0, 0.1) is 5.82 Å². The van der Waals surface area contributed by atoms with Crippen LogP contribution in [0.25, 0.3) is 0 Å². The number of hydrogen-bond acceptors (Lipinski definition) is 2. The zero-order valence-corrected chi connectivity index (χ0v) is 10.1. The average Bonchev–Trinajstić information content (AvgIpc) is 2.57. The van der Waals surface area contributed by atoms with Gasteiger partial charge in [0.05, 0.1) is 11.0 Å². The fourth-order valence-corrected chi connectivity index (χ4v) is 1.75. The van der Waals surface area contributed by atoms with Gasteiger partial charge < -0.3 is 0 Å². The van der Waals surface area contributed by atoms with Crippen molar-refractivity contribution in [3.05, 3.63) is 50.9 Å². The van der Waals surface area contributed by atoms with Gasteiger partial charge in [-0.15, -0.1) is 0 Å². The summed E-state index contributed by atoms with van der Waals surface area (Å²) in [5.74, 6) is -0.346. The minimum atomic E-state index is -0.346. The number of rotatable bonds is 2. The Bertz CT molecular complexity index is 576. The second kappa shape index (κ2) is 4.21. The summed E-state index contributed by atoms with van der Waals surface area (Å²) >= 11 is 3.14. The Hall–Kier alpha value is -1.43. The molecule has 0 radical (unpaired) electrons. The van der Waals surface area contributed by atoms with Gasteiger partial charge in [-0.3, -0.25) is 4.57 Å². The average molecular weight is 286 g/mol. The molecule has 0 unspecified atom stereocenters. The summed E-state index contributed by atoms with van der Waals surface area (Å²) in [6.07, 6.45) is 1.43. The monoisotopic (exact) mass is 285 g/mol. The molecule has 84 valence electrons. The number of aromatic nitrogens is 3. The molecular weight excluding hydrogens is 277 g/mol. The lowest BCUT2D eigenvalue weighted by atomic mass is 10.2. The van der Waals surface area contributed by atoms with Gasteiger partial charge >= 0.3 is 5.69 Å². The standard InChI is InChI=1S/C10H9BrFN3O/c1-14-6-13-15(10(14)16)5-7-3-2-4-8(12)9(7)11/h2-4,6H,5H2,1H3. The fraction of sp³-hybridized carbons (Fsp3) is 0.200. The molecular formula is C10H9BrFN3O. The van der Waals surface area contributed by atoms with Crippen LogP contribution in [0.3, 0.4) is 0 Å². The van der Waals surface area contributed by atoms with Crippen LogP contribution >= 0.6 is 15.9 Å². The van der Waals surface area contributed by atoms with Crippen molar-refractivity contribution in [2.24, 2.45) is 7.05 Å². The molecule has 0 atom stereocenters. The molecule has 0 N–H and O–H groups in total. The van der Waals surface area contributed by atoms with Crippen molar-refractivity contribution in [3.8, 4) is 0 Å². The first-order valence-corrected chi connectivity index (χ1v) is 5.40. The Balaban J connectivity index is 2.38. The summed E-state index contributed by atoms with van der Waals surface area (Å²) in [4.78, 5) is 11.5. The molecule has 4 nitrogen and oxygen atoms in total. The maximum atomic E-state index is 13.2. The molecule has 2 rings (SSSR count). The lowest BCUT2D eigenvalue weighted by Crippen LogP contribution is -2.23.